The van der Waals surface area contributed by atoms with E-state index in [4.69, 9.17) is 26.8 Å². The molecule has 0 fully saturated rings. The molecule has 0 aliphatic rings. The number of rotatable bonds is 4. The zero-order valence-electron chi connectivity index (χ0n) is 11.1. The molecular weight excluding hydrogens is 282 g/mol. The van der Waals surface area contributed by atoms with Crippen molar-refractivity contribution in [1.82, 2.24) is 0 Å². The second-order valence-corrected chi connectivity index (χ2v) is 5.53. The quantitative estimate of drug-likeness (QED) is 0.934. The van der Waals surface area contributed by atoms with Crippen LogP contribution < -0.4 is 15.2 Å². The van der Waals surface area contributed by atoms with E-state index in [1.165, 1.54) is 5.56 Å². The lowest BCUT2D eigenvalue weighted by atomic mass is 10.0. The molecule has 1 heterocycles. The van der Waals surface area contributed by atoms with Gasteiger partial charge in [-0.3, -0.25) is 0 Å². The molecule has 1 atom stereocenters. The predicted octanol–water partition coefficient (Wildman–Crippen LogP) is 3.78. The number of halogens is 1. The van der Waals surface area contributed by atoms with Gasteiger partial charge in [-0.25, -0.2) is 0 Å². The van der Waals surface area contributed by atoms with Crippen LogP contribution in [0, 0.1) is 6.92 Å². The number of thiophene rings is 1. The summed E-state index contributed by atoms with van der Waals surface area (Å²) in [5.41, 5.74) is 8.31. The van der Waals surface area contributed by atoms with E-state index < -0.39 is 0 Å². The predicted molar refractivity (Wildman–Crippen MR) is 79.6 cm³/mol. The fourth-order valence-corrected chi connectivity index (χ4v) is 3.17. The summed E-state index contributed by atoms with van der Waals surface area (Å²) in [7, 11) is 3.18. The highest BCUT2D eigenvalue weighted by Crippen LogP contribution is 2.38. The molecule has 3 nitrogen and oxygen atoms in total. The molecule has 1 aromatic heterocycles. The van der Waals surface area contributed by atoms with Crippen molar-refractivity contribution < 1.29 is 9.47 Å². The van der Waals surface area contributed by atoms with Crippen molar-refractivity contribution >= 4 is 22.9 Å². The van der Waals surface area contributed by atoms with Crippen LogP contribution in [0.15, 0.2) is 23.6 Å². The molecule has 5 heteroatoms. The van der Waals surface area contributed by atoms with Gasteiger partial charge in [-0.05, 0) is 35.6 Å². The largest absolute Gasteiger partial charge is 0.493 e. The first-order valence-electron chi connectivity index (χ1n) is 5.79. The molecule has 0 radical (unpaired) electrons. The van der Waals surface area contributed by atoms with Gasteiger partial charge >= 0.3 is 0 Å². The average Bonchev–Trinajstić information content (AvgIpc) is 2.83. The Hall–Kier alpha value is -1.23. The first-order valence-corrected chi connectivity index (χ1v) is 7.05. The van der Waals surface area contributed by atoms with E-state index in [0.717, 1.165) is 10.4 Å². The molecule has 2 aromatic rings. The monoisotopic (exact) mass is 297 g/mol. The summed E-state index contributed by atoms with van der Waals surface area (Å²) < 4.78 is 10.5. The fourth-order valence-electron chi connectivity index (χ4n) is 1.95. The Labute approximate surface area is 121 Å². The highest BCUT2D eigenvalue weighted by Gasteiger charge is 2.19. The van der Waals surface area contributed by atoms with E-state index in [2.05, 4.69) is 6.07 Å². The summed E-state index contributed by atoms with van der Waals surface area (Å²) in [6.45, 7) is 2.04. The minimum Gasteiger partial charge on any atom is -0.493 e. The Balaban J connectivity index is 2.48. The number of benzene rings is 1. The molecule has 0 aliphatic heterocycles. The zero-order valence-corrected chi connectivity index (χ0v) is 12.6. The molecule has 2 rings (SSSR count). The van der Waals surface area contributed by atoms with Crippen LogP contribution in [0.25, 0.3) is 0 Å². The summed E-state index contributed by atoms with van der Waals surface area (Å²) in [6.07, 6.45) is 0. The standard InChI is InChI=1S/C14H16ClNO2S/c1-8-4-5-19-14(8)13(16)9-6-11(17-2)12(18-3)7-10(9)15/h4-7,13H,16H2,1-3H3. The van der Waals surface area contributed by atoms with Gasteiger partial charge < -0.3 is 15.2 Å². The molecule has 0 aliphatic carbocycles. The number of nitrogens with two attached hydrogens (primary N) is 1. The molecule has 1 unspecified atom stereocenters. The molecule has 0 bridgehead atoms. The van der Waals surface area contributed by atoms with Gasteiger partial charge in [-0.15, -0.1) is 11.3 Å². The SMILES string of the molecule is COc1cc(Cl)c(C(N)c2sccc2C)cc1OC. The van der Waals surface area contributed by atoms with E-state index in [1.807, 2.05) is 18.4 Å². The van der Waals surface area contributed by atoms with Gasteiger partial charge in [0.2, 0.25) is 0 Å². The topological polar surface area (TPSA) is 44.5 Å². The lowest BCUT2D eigenvalue weighted by Crippen LogP contribution is -2.12. The Morgan fingerprint density at radius 1 is 1.21 bits per heavy atom. The molecule has 19 heavy (non-hydrogen) atoms. The highest BCUT2D eigenvalue weighted by molar-refractivity contribution is 7.10. The van der Waals surface area contributed by atoms with Gasteiger partial charge in [-0.1, -0.05) is 11.6 Å². The molecule has 102 valence electrons. The van der Waals surface area contributed by atoms with Crippen molar-refractivity contribution in [3.63, 3.8) is 0 Å². The molecule has 2 N–H and O–H groups in total. The Kier molecular flexibility index (Phi) is 4.34. The highest BCUT2D eigenvalue weighted by atomic mass is 35.5. The van der Waals surface area contributed by atoms with E-state index in [1.54, 1.807) is 31.6 Å². The Bertz CT molecular complexity index is 583. The molecule has 0 amide bonds. The summed E-state index contributed by atoms with van der Waals surface area (Å²) in [6, 6.07) is 5.37. The average molecular weight is 298 g/mol. The second-order valence-electron chi connectivity index (χ2n) is 4.17. The van der Waals surface area contributed by atoms with Crippen LogP contribution in [0.4, 0.5) is 0 Å². The number of ether oxygens (including phenoxy) is 2. The Morgan fingerprint density at radius 3 is 2.37 bits per heavy atom. The van der Waals surface area contributed by atoms with E-state index >= 15 is 0 Å². The van der Waals surface area contributed by atoms with Gasteiger partial charge in [0.25, 0.3) is 0 Å². The lowest BCUT2D eigenvalue weighted by molar-refractivity contribution is 0.354. The van der Waals surface area contributed by atoms with Crippen LogP contribution in [0.1, 0.15) is 22.0 Å². The first kappa shape index (κ1) is 14.2. The minimum absolute atomic E-state index is 0.257. The summed E-state index contributed by atoms with van der Waals surface area (Å²) in [5.74, 6) is 1.23. The van der Waals surface area contributed by atoms with Crippen LogP contribution in [0.5, 0.6) is 11.5 Å². The number of methoxy groups -OCH3 is 2. The first-order chi connectivity index (χ1) is 9.08. The summed E-state index contributed by atoms with van der Waals surface area (Å²) in [5, 5.41) is 2.61. The van der Waals surface area contributed by atoms with Crippen molar-refractivity contribution in [2.75, 3.05) is 14.2 Å². The van der Waals surface area contributed by atoms with Crippen LogP contribution >= 0.6 is 22.9 Å². The van der Waals surface area contributed by atoms with Crippen molar-refractivity contribution in [3.05, 3.63) is 44.6 Å². The van der Waals surface area contributed by atoms with Crippen molar-refractivity contribution in [2.24, 2.45) is 5.73 Å². The smallest absolute Gasteiger partial charge is 0.162 e. The van der Waals surface area contributed by atoms with E-state index in [9.17, 15) is 0 Å². The molecule has 1 aromatic carbocycles. The summed E-state index contributed by atoms with van der Waals surface area (Å²) >= 11 is 7.92. The maximum absolute atomic E-state index is 6.31. The van der Waals surface area contributed by atoms with Gasteiger partial charge in [0, 0.05) is 16.0 Å². The normalized spacial score (nSPS) is 12.3. The van der Waals surface area contributed by atoms with E-state index in [-0.39, 0.29) is 6.04 Å². The van der Waals surface area contributed by atoms with Crippen LogP contribution in [-0.2, 0) is 0 Å². The minimum atomic E-state index is -0.257. The van der Waals surface area contributed by atoms with Crippen LogP contribution in [0.2, 0.25) is 5.02 Å². The van der Waals surface area contributed by atoms with Gasteiger partial charge in [0.1, 0.15) is 0 Å². The maximum Gasteiger partial charge on any atom is 0.162 e. The van der Waals surface area contributed by atoms with Crippen molar-refractivity contribution in [3.8, 4) is 11.5 Å². The number of aryl methyl sites for hydroxylation is 1. The van der Waals surface area contributed by atoms with Crippen molar-refractivity contribution in [2.45, 2.75) is 13.0 Å². The van der Waals surface area contributed by atoms with Crippen LogP contribution in [-0.4, -0.2) is 14.2 Å². The summed E-state index contributed by atoms with van der Waals surface area (Å²) in [4.78, 5) is 1.11. The number of hydrogen-bond donors (Lipinski definition) is 1. The van der Waals surface area contributed by atoms with Crippen molar-refractivity contribution in [1.29, 1.82) is 0 Å². The Morgan fingerprint density at radius 2 is 1.84 bits per heavy atom. The second kappa shape index (κ2) is 5.82. The van der Waals surface area contributed by atoms with Crippen LogP contribution in [0.3, 0.4) is 0 Å². The third-order valence-corrected chi connectivity index (χ3v) is 4.45. The van der Waals surface area contributed by atoms with Gasteiger partial charge in [-0.2, -0.15) is 0 Å². The van der Waals surface area contributed by atoms with Gasteiger partial charge in [0.05, 0.1) is 20.3 Å². The lowest BCUT2D eigenvalue weighted by Gasteiger charge is -2.16. The third kappa shape index (κ3) is 2.71. The molecular formula is C14H16ClNO2S. The third-order valence-electron chi connectivity index (χ3n) is 3.02. The molecule has 0 saturated heterocycles. The maximum atomic E-state index is 6.31. The van der Waals surface area contributed by atoms with Gasteiger partial charge in [0.15, 0.2) is 11.5 Å². The molecule has 0 saturated carbocycles. The van der Waals surface area contributed by atoms with E-state index in [0.29, 0.717) is 16.5 Å². The number of hydrogen-bond acceptors (Lipinski definition) is 4. The zero-order chi connectivity index (χ0) is 14.0. The fraction of sp³-hybridized carbons (Fsp3) is 0.286. The molecule has 0 spiro atoms.